The van der Waals surface area contributed by atoms with E-state index in [9.17, 15) is 0 Å². The molecule has 2 fully saturated rings. The molecule has 1 saturated carbocycles. The van der Waals surface area contributed by atoms with E-state index in [-0.39, 0.29) is 0 Å². The van der Waals surface area contributed by atoms with Gasteiger partial charge in [-0.1, -0.05) is 12.8 Å². The molecule has 1 aliphatic heterocycles. The highest BCUT2D eigenvalue weighted by molar-refractivity contribution is 5.02. The first-order valence-corrected chi connectivity index (χ1v) is 4.52. The van der Waals surface area contributed by atoms with Crippen LogP contribution in [0.5, 0.6) is 0 Å². The molecule has 0 unspecified atom stereocenters. The van der Waals surface area contributed by atoms with Gasteiger partial charge in [0, 0.05) is 0 Å². The first-order chi connectivity index (χ1) is 4.97. The molecule has 0 spiro atoms. The summed E-state index contributed by atoms with van der Waals surface area (Å²) in [5, 5.41) is 3.43. The Labute approximate surface area is 63.2 Å². The molecule has 1 heteroatoms. The minimum atomic E-state index is 0.961. The van der Waals surface area contributed by atoms with E-state index in [1.807, 2.05) is 5.92 Å². The highest BCUT2D eigenvalue weighted by atomic mass is 14.9. The van der Waals surface area contributed by atoms with E-state index in [0.29, 0.717) is 0 Å². The molecule has 0 amide bonds. The van der Waals surface area contributed by atoms with Crippen molar-refractivity contribution in [3.05, 3.63) is 5.92 Å². The predicted octanol–water partition coefficient (Wildman–Crippen LogP) is 1.74. The lowest BCUT2D eigenvalue weighted by atomic mass is 9.90. The monoisotopic (exact) mass is 138 g/mol. The summed E-state index contributed by atoms with van der Waals surface area (Å²) in [6.07, 6.45) is 7.21. The van der Waals surface area contributed by atoms with Crippen molar-refractivity contribution in [1.82, 2.24) is 5.32 Å². The average Bonchev–Trinajstić information content (AvgIpc) is 2.59. The zero-order chi connectivity index (χ0) is 6.81. The van der Waals surface area contributed by atoms with Gasteiger partial charge in [0.1, 0.15) is 0 Å². The molecule has 1 heterocycles. The van der Waals surface area contributed by atoms with E-state index in [4.69, 9.17) is 0 Å². The van der Waals surface area contributed by atoms with Gasteiger partial charge in [-0.25, -0.2) is 0 Å². The first-order valence-electron chi connectivity index (χ1n) is 4.52. The first kappa shape index (κ1) is 6.66. The summed E-state index contributed by atoms with van der Waals surface area (Å²) in [4.78, 5) is 0. The maximum Gasteiger partial charge on any atom is -0.00145 e. The summed E-state index contributed by atoms with van der Waals surface area (Å²) >= 11 is 0. The molecule has 1 saturated heterocycles. The second-order valence-electron chi connectivity index (χ2n) is 3.56. The van der Waals surface area contributed by atoms with Crippen molar-refractivity contribution in [2.45, 2.75) is 32.1 Å². The van der Waals surface area contributed by atoms with Crippen LogP contribution in [0.1, 0.15) is 32.1 Å². The number of rotatable bonds is 1. The van der Waals surface area contributed by atoms with Gasteiger partial charge in [-0.15, -0.1) is 0 Å². The van der Waals surface area contributed by atoms with Gasteiger partial charge in [0.25, 0.3) is 0 Å². The summed E-state index contributed by atoms with van der Waals surface area (Å²) < 4.78 is 0. The van der Waals surface area contributed by atoms with Crippen LogP contribution in [0, 0.1) is 11.8 Å². The van der Waals surface area contributed by atoms with Crippen molar-refractivity contribution >= 4 is 0 Å². The molecule has 2 aliphatic rings. The average molecular weight is 138 g/mol. The van der Waals surface area contributed by atoms with Crippen LogP contribution in [-0.2, 0) is 0 Å². The summed E-state index contributed by atoms with van der Waals surface area (Å²) in [5.41, 5.74) is 0. The SMILES string of the molecule is C1CC[C]([C@@H]2CCNC2)C1. The van der Waals surface area contributed by atoms with Crippen molar-refractivity contribution in [1.29, 1.82) is 0 Å². The van der Waals surface area contributed by atoms with Crippen molar-refractivity contribution in [3.63, 3.8) is 0 Å². The fourth-order valence-electron chi connectivity index (χ4n) is 2.24. The third kappa shape index (κ3) is 1.20. The van der Waals surface area contributed by atoms with E-state index >= 15 is 0 Å². The Morgan fingerprint density at radius 2 is 2.00 bits per heavy atom. The fraction of sp³-hybridized carbons (Fsp3) is 0.889. The van der Waals surface area contributed by atoms with Crippen LogP contribution in [0.15, 0.2) is 0 Å². The lowest BCUT2D eigenvalue weighted by Gasteiger charge is -2.14. The molecule has 2 rings (SSSR count). The molecule has 0 aromatic heterocycles. The Bertz CT molecular complexity index is 85.3. The Balaban J connectivity index is 1.85. The van der Waals surface area contributed by atoms with Gasteiger partial charge in [-0.3, -0.25) is 0 Å². The zero-order valence-electron chi connectivity index (χ0n) is 6.53. The molecule has 1 aliphatic carbocycles. The molecular formula is C9H16N. The largest absolute Gasteiger partial charge is 0.316 e. The van der Waals surface area contributed by atoms with Crippen LogP contribution in [0.3, 0.4) is 0 Å². The topological polar surface area (TPSA) is 12.0 Å². The summed E-state index contributed by atoms with van der Waals surface area (Å²) in [6.45, 7) is 2.53. The van der Waals surface area contributed by atoms with E-state index in [0.717, 1.165) is 5.92 Å². The van der Waals surface area contributed by atoms with E-state index in [1.165, 1.54) is 45.2 Å². The minimum absolute atomic E-state index is 0.961. The molecule has 1 atom stereocenters. The van der Waals surface area contributed by atoms with Crippen molar-refractivity contribution < 1.29 is 0 Å². The Hall–Kier alpha value is -0.0400. The van der Waals surface area contributed by atoms with Gasteiger partial charge >= 0.3 is 0 Å². The molecule has 1 nitrogen and oxygen atoms in total. The molecule has 0 aromatic carbocycles. The van der Waals surface area contributed by atoms with Gasteiger partial charge < -0.3 is 5.32 Å². The molecule has 1 N–H and O–H groups in total. The third-order valence-electron chi connectivity index (χ3n) is 2.88. The lowest BCUT2D eigenvalue weighted by molar-refractivity contribution is 0.564. The van der Waals surface area contributed by atoms with Gasteiger partial charge in [-0.2, -0.15) is 0 Å². The molecular weight excluding hydrogens is 122 g/mol. The van der Waals surface area contributed by atoms with E-state index < -0.39 is 0 Å². The van der Waals surface area contributed by atoms with Gasteiger partial charge in [0.15, 0.2) is 0 Å². The molecule has 10 heavy (non-hydrogen) atoms. The van der Waals surface area contributed by atoms with Gasteiger partial charge in [0.2, 0.25) is 0 Å². The maximum absolute atomic E-state index is 3.43. The Morgan fingerprint density at radius 3 is 2.60 bits per heavy atom. The predicted molar refractivity (Wildman–Crippen MR) is 42.7 cm³/mol. The van der Waals surface area contributed by atoms with Crippen molar-refractivity contribution in [2.75, 3.05) is 13.1 Å². The fourth-order valence-corrected chi connectivity index (χ4v) is 2.24. The zero-order valence-corrected chi connectivity index (χ0v) is 6.53. The van der Waals surface area contributed by atoms with Crippen molar-refractivity contribution in [2.24, 2.45) is 5.92 Å². The maximum atomic E-state index is 3.43. The smallest absolute Gasteiger partial charge is 0.00145 e. The van der Waals surface area contributed by atoms with Gasteiger partial charge in [-0.05, 0) is 44.2 Å². The number of hydrogen-bond donors (Lipinski definition) is 1. The second-order valence-corrected chi connectivity index (χ2v) is 3.56. The second kappa shape index (κ2) is 2.91. The number of nitrogens with one attached hydrogen (secondary N) is 1. The van der Waals surface area contributed by atoms with Crippen LogP contribution in [0.4, 0.5) is 0 Å². The minimum Gasteiger partial charge on any atom is -0.316 e. The molecule has 57 valence electrons. The number of hydrogen-bond acceptors (Lipinski definition) is 1. The van der Waals surface area contributed by atoms with Crippen LogP contribution in [-0.4, -0.2) is 13.1 Å². The summed E-state index contributed by atoms with van der Waals surface area (Å²) in [6, 6.07) is 0. The van der Waals surface area contributed by atoms with E-state index in [2.05, 4.69) is 5.32 Å². The lowest BCUT2D eigenvalue weighted by Crippen LogP contribution is -2.13. The molecule has 0 aromatic rings. The molecule has 1 radical (unpaired) electrons. The van der Waals surface area contributed by atoms with Crippen LogP contribution < -0.4 is 5.32 Å². The van der Waals surface area contributed by atoms with Gasteiger partial charge in [0.05, 0.1) is 0 Å². The highest BCUT2D eigenvalue weighted by Crippen LogP contribution is 2.35. The van der Waals surface area contributed by atoms with Crippen LogP contribution >= 0.6 is 0 Å². The summed E-state index contributed by atoms with van der Waals surface area (Å²) in [7, 11) is 0. The normalized spacial score (nSPS) is 35.4. The third-order valence-corrected chi connectivity index (χ3v) is 2.88. The summed E-state index contributed by atoms with van der Waals surface area (Å²) in [5.74, 6) is 2.83. The van der Waals surface area contributed by atoms with Crippen LogP contribution in [0.2, 0.25) is 0 Å². The molecule has 0 bridgehead atoms. The van der Waals surface area contributed by atoms with Crippen LogP contribution in [0.25, 0.3) is 0 Å². The highest BCUT2D eigenvalue weighted by Gasteiger charge is 2.27. The Morgan fingerprint density at radius 1 is 1.20 bits per heavy atom. The Kier molecular flexibility index (Phi) is 1.94. The van der Waals surface area contributed by atoms with E-state index in [1.54, 1.807) is 0 Å². The van der Waals surface area contributed by atoms with Crippen molar-refractivity contribution in [3.8, 4) is 0 Å². The standard InChI is InChI=1S/C9H16N/c1-2-4-8(3-1)9-5-6-10-7-9/h9-10H,1-7H2/t9-/m1/s1. The quantitative estimate of drug-likeness (QED) is 0.582.